The van der Waals surface area contributed by atoms with Gasteiger partial charge in [-0.3, -0.25) is 4.79 Å². The Morgan fingerprint density at radius 1 is 1.14 bits per heavy atom. The predicted molar refractivity (Wildman–Crippen MR) is 89.2 cm³/mol. The van der Waals surface area contributed by atoms with Crippen molar-refractivity contribution >= 4 is 40.6 Å². The van der Waals surface area contributed by atoms with Gasteiger partial charge in [0.2, 0.25) is 10.0 Å². The van der Waals surface area contributed by atoms with Crippen LogP contribution in [-0.4, -0.2) is 39.8 Å². The highest BCUT2D eigenvalue weighted by molar-refractivity contribution is 14.1. The lowest BCUT2D eigenvalue weighted by atomic mass is 10.2. The van der Waals surface area contributed by atoms with Crippen LogP contribution >= 0.6 is 22.6 Å². The maximum atomic E-state index is 11.9. The number of alkyl halides is 1. The molecule has 0 heterocycles. The second kappa shape index (κ2) is 8.82. The molecule has 0 fully saturated rings. The number of carbonyl (C=O) groups is 3. The van der Waals surface area contributed by atoms with Crippen molar-refractivity contribution in [2.45, 2.75) is 56.4 Å². The normalized spacial score (nSPS) is 14.8. The number of nitrogens with one attached hydrogen (secondary N) is 2. The van der Waals surface area contributed by atoms with Crippen molar-refractivity contribution in [1.29, 1.82) is 0 Å². The molecule has 0 saturated heterocycles. The second-order valence-corrected chi connectivity index (χ2v) is 6.65. The first kappa shape index (κ1) is 20.5. The van der Waals surface area contributed by atoms with E-state index in [0.29, 0.717) is 0 Å². The standard InChI is InChI=1S/C14H21IN2O5/c1-7-10(15)21-12(19)9(3)16-11(18)8(2)17-13(20)22-14(4,5)6/h1,8-10H,2-6H3,(H,16,18)(H,17,20)/t8-,9-,10?/m0/s1. The van der Waals surface area contributed by atoms with Crippen LogP contribution in [0.1, 0.15) is 34.6 Å². The van der Waals surface area contributed by atoms with E-state index in [1.807, 2.05) is 0 Å². The second-order valence-electron chi connectivity index (χ2n) is 5.52. The third-order valence-electron chi connectivity index (χ3n) is 2.19. The van der Waals surface area contributed by atoms with Crippen molar-refractivity contribution in [3.63, 3.8) is 0 Å². The van der Waals surface area contributed by atoms with E-state index in [2.05, 4.69) is 16.6 Å². The summed E-state index contributed by atoms with van der Waals surface area (Å²) in [6.07, 6.45) is 4.37. The van der Waals surface area contributed by atoms with E-state index < -0.39 is 39.8 Å². The lowest BCUT2D eigenvalue weighted by molar-refractivity contribution is -0.146. The lowest BCUT2D eigenvalue weighted by Crippen LogP contribution is -2.50. The molecule has 0 aliphatic rings. The third kappa shape index (κ3) is 8.71. The van der Waals surface area contributed by atoms with Gasteiger partial charge < -0.3 is 20.1 Å². The van der Waals surface area contributed by atoms with E-state index >= 15 is 0 Å². The summed E-state index contributed by atoms with van der Waals surface area (Å²) < 4.78 is 9.20. The van der Waals surface area contributed by atoms with E-state index in [9.17, 15) is 14.4 Å². The molecular formula is C14H21IN2O5. The molecule has 0 rings (SSSR count). The van der Waals surface area contributed by atoms with Crippen molar-refractivity contribution in [3.05, 3.63) is 0 Å². The summed E-state index contributed by atoms with van der Waals surface area (Å²) >= 11 is 1.76. The fraction of sp³-hybridized carbons (Fsp3) is 0.643. The molecule has 0 aromatic heterocycles. The van der Waals surface area contributed by atoms with Gasteiger partial charge in [-0.1, -0.05) is 5.92 Å². The monoisotopic (exact) mass is 424 g/mol. The maximum Gasteiger partial charge on any atom is 0.408 e. The topological polar surface area (TPSA) is 93.7 Å². The highest BCUT2D eigenvalue weighted by Gasteiger charge is 2.24. The Kier molecular flexibility index (Phi) is 8.22. The molecule has 2 N–H and O–H groups in total. The van der Waals surface area contributed by atoms with E-state index in [4.69, 9.17) is 15.9 Å². The third-order valence-corrected chi connectivity index (χ3v) is 2.80. The van der Waals surface area contributed by atoms with Gasteiger partial charge in [-0.15, -0.1) is 6.42 Å². The minimum absolute atomic E-state index is 0.541. The molecule has 0 radical (unpaired) electrons. The Hall–Kier alpha value is -1.50. The first-order chi connectivity index (χ1) is 9.96. The molecule has 3 atom stereocenters. The van der Waals surface area contributed by atoms with Gasteiger partial charge in [0.25, 0.3) is 0 Å². The molecule has 0 bridgehead atoms. The smallest absolute Gasteiger partial charge is 0.408 e. The number of alkyl carbamates (subject to hydrolysis) is 1. The van der Waals surface area contributed by atoms with Crippen LogP contribution in [0.15, 0.2) is 0 Å². The first-order valence-corrected chi connectivity index (χ1v) is 7.81. The molecule has 0 aliphatic carbocycles. The van der Waals surface area contributed by atoms with Crippen LogP contribution < -0.4 is 10.6 Å². The highest BCUT2D eigenvalue weighted by atomic mass is 127. The summed E-state index contributed by atoms with van der Waals surface area (Å²) in [5.41, 5.74) is -0.665. The number of carbonyl (C=O) groups excluding carboxylic acids is 3. The van der Waals surface area contributed by atoms with Crippen LogP contribution in [0.4, 0.5) is 4.79 Å². The Morgan fingerprint density at radius 2 is 1.68 bits per heavy atom. The van der Waals surface area contributed by atoms with Crippen molar-refractivity contribution < 1.29 is 23.9 Å². The Labute approximate surface area is 144 Å². The zero-order valence-corrected chi connectivity index (χ0v) is 15.4. The molecule has 0 aromatic carbocycles. The molecule has 0 spiro atoms. The Balaban J connectivity index is 4.39. The fourth-order valence-electron chi connectivity index (χ4n) is 1.19. The maximum absolute atomic E-state index is 11.9. The molecule has 22 heavy (non-hydrogen) atoms. The molecule has 8 heteroatoms. The van der Waals surface area contributed by atoms with Crippen LogP contribution in [-0.2, 0) is 19.1 Å². The number of esters is 1. The molecular weight excluding hydrogens is 403 g/mol. The quantitative estimate of drug-likeness (QED) is 0.301. The summed E-state index contributed by atoms with van der Waals surface area (Å²) in [6.45, 7) is 8.06. The number of hydrogen-bond donors (Lipinski definition) is 2. The largest absolute Gasteiger partial charge is 0.444 e. The minimum Gasteiger partial charge on any atom is -0.444 e. The number of terminal acetylenes is 1. The zero-order chi connectivity index (χ0) is 17.5. The van der Waals surface area contributed by atoms with E-state index in [-0.39, 0.29) is 0 Å². The number of halogens is 1. The lowest BCUT2D eigenvalue weighted by Gasteiger charge is -2.22. The van der Waals surface area contributed by atoms with Crippen LogP contribution in [0.25, 0.3) is 0 Å². The predicted octanol–water partition coefficient (Wildman–Crippen LogP) is 1.34. The van der Waals surface area contributed by atoms with Crippen LogP contribution in [0.2, 0.25) is 0 Å². The average molecular weight is 424 g/mol. The first-order valence-electron chi connectivity index (χ1n) is 6.57. The highest BCUT2D eigenvalue weighted by Crippen LogP contribution is 2.07. The Bertz CT molecular complexity index is 467. The fourth-order valence-corrected chi connectivity index (χ4v) is 1.44. The van der Waals surface area contributed by atoms with Gasteiger partial charge in [0.15, 0.2) is 0 Å². The Morgan fingerprint density at radius 3 is 2.14 bits per heavy atom. The molecule has 124 valence electrons. The van der Waals surface area contributed by atoms with Crippen LogP contribution in [0.3, 0.4) is 0 Å². The molecule has 1 unspecified atom stereocenters. The summed E-state index contributed by atoms with van der Waals surface area (Å²) in [7, 11) is 0. The summed E-state index contributed by atoms with van der Waals surface area (Å²) in [4.78, 5) is 35.1. The molecule has 0 aliphatic heterocycles. The van der Waals surface area contributed by atoms with Gasteiger partial charge in [0.1, 0.15) is 17.7 Å². The summed E-state index contributed by atoms with van der Waals surface area (Å²) in [5.74, 6) is 1.03. The van der Waals surface area contributed by atoms with E-state index in [1.165, 1.54) is 13.8 Å². The van der Waals surface area contributed by atoms with Gasteiger partial charge >= 0.3 is 12.1 Å². The van der Waals surface area contributed by atoms with Gasteiger partial charge in [0, 0.05) is 0 Å². The SMILES string of the molecule is C#CC(I)OC(=O)[C@H](C)NC(=O)[C@H](C)NC(=O)OC(C)(C)C. The summed E-state index contributed by atoms with van der Waals surface area (Å²) in [6, 6.07) is -1.76. The van der Waals surface area contributed by atoms with E-state index in [1.54, 1.807) is 43.4 Å². The number of rotatable bonds is 5. The van der Waals surface area contributed by atoms with Gasteiger partial charge in [-0.05, 0) is 57.2 Å². The molecule has 7 nitrogen and oxygen atoms in total. The number of hydrogen-bond acceptors (Lipinski definition) is 5. The van der Waals surface area contributed by atoms with Gasteiger partial charge in [0.05, 0.1) is 0 Å². The minimum atomic E-state index is -0.888. The summed E-state index contributed by atoms with van der Waals surface area (Å²) in [5, 5.41) is 4.79. The van der Waals surface area contributed by atoms with Gasteiger partial charge in [-0.2, -0.15) is 0 Å². The number of ether oxygens (including phenoxy) is 2. The zero-order valence-electron chi connectivity index (χ0n) is 13.2. The average Bonchev–Trinajstić information content (AvgIpc) is 2.35. The molecule has 2 amide bonds. The number of amides is 2. The van der Waals surface area contributed by atoms with E-state index in [0.717, 1.165) is 0 Å². The van der Waals surface area contributed by atoms with Gasteiger partial charge in [-0.25, -0.2) is 9.59 Å². The van der Waals surface area contributed by atoms with Crippen LogP contribution in [0, 0.1) is 12.3 Å². The molecule has 0 saturated carbocycles. The van der Waals surface area contributed by atoms with Crippen molar-refractivity contribution in [2.75, 3.05) is 0 Å². The van der Waals surface area contributed by atoms with Crippen molar-refractivity contribution in [1.82, 2.24) is 10.6 Å². The van der Waals surface area contributed by atoms with Crippen molar-refractivity contribution in [2.24, 2.45) is 0 Å². The van der Waals surface area contributed by atoms with Crippen molar-refractivity contribution in [3.8, 4) is 12.3 Å². The molecule has 0 aromatic rings. The van der Waals surface area contributed by atoms with Crippen LogP contribution in [0.5, 0.6) is 0 Å².